The number of hydrogen-bond donors (Lipinski definition) is 2. The molecule has 8 nitrogen and oxygen atoms in total. The first-order chi connectivity index (χ1) is 16.8. The highest BCUT2D eigenvalue weighted by Crippen LogP contribution is 2.26. The van der Waals surface area contributed by atoms with Crippen molar-refractivity contribution in [3.63, 3.8) is 0 Å². The van der Waals surface area contributed by atoms with E-state index in [0.717, 1.165) is 11.3 Å². The lowest BCUT2D eigenvalue weighted by Crippen LogP contribution is -2.28. The topological polar surface area (TPSA) is 102 Å². The summed E-state index contributed by atoms with van der Waals surface area (Å²) in [7, 11) is 1.78. The van der Waals surface area contributed by atoms with Crippen molar-refractivity contribution in [1.82, 2.24) is 25.1 Å². The van der Waals surface area contributed by atoms with Crippen molar-refractivity contribution >= 4 is 63.2 Å². The number of anilines is 1. The van der Waals surface area contributed by atoms with Gasteiger partial charge < -0.3 is 15.2 Å². The number of thiazole rings is 1. The Kier molecular flexibility index (Phi) is 8.07. The highest BCUT2D eigenvalue weighted by atomic mass is 35.5. The van der Waals surface area contributed by atoms with Gasteiger partial charge in [0.15, 0.2) is 16.1 Å². The van der Waals surface area contributed by atoms with Gasteiger partial charge in [0.2, 0.25) is 5.91 Å². The Hall–Kier alpha value is -2.92. The maximum Gasteiger partial charge on any atom is 0.253 e. The van der Waals surface area contributed by atoms with Crippen LogP contribution in [0.25, 0.3) is 11.3 Å². The molecule has 35 heavy (non-hydrogen) atoms. The Labute approximate surface area is 220 Å². The highest BCUT2D eigenvalue weighted by molar-refractivity contribution is 7.99. The van der Waals surface area contributed by atoms with E-state index < -0.39 is 6.04 Å². The van der Waals surface area contributed by atoms with Gasteiger partial charge in [-0.1, -0.05) is 65.3 Å². The maximum absolute atomic E-state index is 12.6. The number of rotatable bonds is 8. The van der Waals surface area contributed by atoms with E-state index in [0.29, 0.717) is 26.7 Å². The fraction of sp³-hybridized carbons (Fsp3) is 0.174. The molecule has 0 unspecified atom stereocenters. The fourth-order valence-corrected chi connectivity index (χ4v) is 5.15. The Morgan fingerprint density at radius 3 is 2.66 bits per heavy atom. The van der Waals surface area contributed by atoms with E-state index in [9.17, 15) is 9.59 Å². The fourth-order valence-electron chi connectivity index (χ4n) is 3.20. The molecule has 2 aromatic heterocycles. The largest absolute Gasteiger partial charge is 0.342 e. The molecule has 12 heteroatoms. The van der Waals surface area contributed by atoms with E-state index in [1.165, 1.54) is 29.2 Å². The van der Waals surface area contributed by atoms with Gasteiger partial charge in [0.05, 0.1) is 28.1 Å². The van der Waals surface area contributed by atoms with E-state index in [1.807, 2.05) is 35.7 Å². The molecule has 4 rings (SSSR count). The summed E-state index contributed by atoms with van der Waals surface area (Å²) in [6, 6.07) is 14.0. The number of benzene rings is 2. The van der Waals surface area contributed by atoms with E-state index in [4.69, 9.17) is 23.2 Å². The lowest BCUT2D eigenvalue weighted by Gasteiger charge is -2.14. The molecular weight excluding hydrogens is 527 g/mol. The minimum absolute atomic E-state index is 0.132. The van der Waals surface area contributed by atoms with Gasteiger partial charge in [-0.15, -0.1) is 21.5 Å². The van der Waals surface area contributed by atoms with Gasteiger partial charge in [0.25, 0.3) is 5.91 Å². The number of nitrogens with zero attached hydrogens (tertiary/aromatic N) is 4. The number of aromatic nitrogens is 4. The predicted octanol–water partition coefficient (Wildman–Crippen LogP) is 5.47. The molecule has 0 fully saturated rings. The third-order valence-corrected chi connectivity index (χ3v) is 7.26. The monoisotopic (exact) mass is 546 g/mol. The summed E-state index contributed by atoms with van der Waals surface area (Å²) in [6.07, 6.45) is 0. The normalized spacial score (nSPS) is 11.8. The van der Waals surface area contributed by atoms with Crippen molar-refractivity contribution in [2.24, 2.45) is 7.05 Å². The van der Waals surface area contributed by atoms with E-state index in [-0.39, 0.29) is 22.6 Å². The predicted molar refractivity (Wildman–Crippen MR) is 140 cm³/mol. The molecule has 0 aliphatic rings. The molecule has 4 aromatic rings. The van der Waals surface area contributed by atoms with Crippen molar-refractivity contribution in [1.29, 1.82) is 0 Å². The molecule has 180 valence electrons. The Morgan fingerprint density at radius 2 is 1.91 bits per heavy atom. The van der Waals surface area contributed by atoms with Crippen LogP contribution in [0.4, 0.5) is 5.13 Å². The third kappa shape index (κ3) is 6.21. The van der Waals surface area contributed by atoms with Crippen LogP contribution >= 0.6 is 46.3 Å². The van der Waals surface area contributed by atoms with Gasteiger partial charge in [-0.05, 0) is 25.1 Å². The van der Waals surface area contributed by atoms with Crippen LogP contribution in [0.2, 0.25) is 10.0 Å². The van der Waals surface area contributed by atoms with Gasteiger partial charge in [-0.2, -0.15) is 0 Å². The van der Waals surface area contributed by atoms with Gasteiger partial charge in [-0.3, -0.25) is 9.59 Å². The van der Waals surface area contributed by atoms with Crippen molar-refractivity contribution < 1.29 is 9.59 Å². The van der Waals surface area contributed by atoms with Crippen LogP contribution in [-0.4, -0.2) is 37.3 Å². The summed E-state index contributed by atoms with van der Waals surface area (Å²) in [6.45, 7) is 1.79. The molecule has 2 N–H and O–H groups in total. The zero-order chi connectivity index (χ0) is 24.9. The zero-order valence-corrected chi connectivity index (χ0v) is 21.8. The lowest BCUT2D eigenvalue weighted by atomic mass is 10.2. The number of amides is 2. The molecule has 1 atom stereocenters. The summed E-state index contributed by atoms with van der Waals surface area (Å²) >= 11 is 14.6. The number of halogens is 2. The average Bonchev–Trinajstić information content (AvgIpc) is 3.44. The number of carbonyl (C=O) groups excluding carboxylic acids is 2. The number of carbonyl (C=O) groups is 2. The van der Waals surface area contributed by atoms with Gasteiger partial charge >= 0.3 is 0 Å². The van der Waals surface area contributed by atoms with Crippen LogP contribution in [0.5, 0.6) is 0 Å². The van der Waals surface area contributed by atoms with Crippen LogP contribution < -0.4 is 10.6 Å². The Morgan fingerprint density at radius 1 is 1.14 bits per heavy atom. The number of thioether (sulfide) groups is 1. The zero-order valence-electron chi connectivity index (χ0n) is 18.7. The minimum atomic E-state index is -0.443. The first kappa shape index (κ1) is 25.2. The maximum atomic E-state index is 12.6. The van der Waals surface area contributed by atoms with Gasteiger partial charge in [0.1, 0.15) is 0 Å². The van der Waals surface area contributed by atoms with E-state index in [2.05, 4.69) is 25.8 Å². The van der Waals surface area contributed by atoms with Crippen molar-refractivity contribution in [2.75, 3.05) is 11.1 Å². The second kappa shape index (κ2) is 11.2. The highest BCUT2D eigenvalue weighted by Gasteiger charge is 2.20. The number of nitrogens with one attached hydrogen (secondary N) is 2. The molecule has 2 amide bonds. The van der Waals surface area contributed by atoms with Crippen LogP contribution in [0.15, 0.2) is 59.1 Å². The second-order valence-corrected chi connectivity index (χ2v) is 10.1. The molecule has 0 spiro atoms. The molecule has 2 heterocycles. The lowest BCUT2D eigenvalue weighted by molar-refractivity contribution is -0.113. The van der Waals surface area contributed by atoms with Crippen molar-refractivity contribution in [3.8, 4) is 11.3 Å². The molecule has 0 aliphatic carbocycles. The third-order valence-electron chi connectivity index (χ3n) is 4.93. The molecule has 0 bridgehead atoms. The molecule has 0 radical (unpaired) electrons. The standard InChI is InChI=1S/C23H20Cl2N6O2S2/c1-13(26-21(33)16-9-8-15(24)10-17(16)25)20-29-30-23(31(20)2)35-12-19(32)28-22-27-18(11-34-22)14-6-4-3-5-7-14/h3-11,13H,12H2,1-2H3,(H,26,33)(H,27,28,32)/t13-/m1/s1. The molecule has 0 aliphatic heterocycles. The Bertz CT molecular complexity index is 1360. The van der Waals surface area contributed by atoms with E-state index >= 15 is 0 Å². The van der Waals surface area contributed by atoms with Crippen LogP contribution in [-0.2, 0) is 11.8 Å². The van der Waals surface area contributed by atoms with Crippen LogP contribution in [0.3, 0.4) is 0 Å². The number of hydrogen-bond acceptors (Lipinski definition) is 7. The summed E-state index contributed by atoms with van der Waals surface area (Å²) in [4.78, 5) is 29.5. The smallest absolute Gasteiger partial charge is 0.253 e. The summed E-state index contributed by atoms with van der Waals surface area (Å²) < 4.78 is 1.74. The molecular formula is C23H20Cl2N6O2S2. The molecule has 0 saturated heterocycles. The van der Waals surface area contributed by atoms with Gasteiger partial charge in [0, 0.05) is 23.0 Å². The van der Waals surface area contributed by atoms with E-state index in [1.54, 1.807) is 30.7 Å². The summed E-state index contributed by atoms with van der Waals surface area (Å²) in [5.41, 5.74) is 2.12. The molecule has 2 aromatic carbocycles. The Balaban J connectivity index is 1.33. The van der Waals surface area contributed by atoms with Gasteiger partial charge in [-0.25, -0.2) is 4.98 Å². The quantitative estimate of drug-likeness (QED) is 0.284. The first-order valence-corrected chi connectivity index (χ1v) is 13.0. The minimum Gasteiger partial charge on any atom is -0.342 e. The SMILES string of the molecule is C[C@@H](NC(=O)c1ccc(Cl)cc1Cl)c1nnc(SCC(=O)Nc2nc(-c3ccccc3)cs2)n1C. The van der Waals surface area contributed by atoms with Crippen LogP contribution in [0.1, 0.15) is 29.1 Å². The molecule has 0 saturated carbocycles. The van der Waals surface area contributed by atoms with Crippen molar-refractivity contribution in [3.05, 3.63) is 75.3 Å². The van der Waals surface area contributed by atoms with Crippen LogP contribution in [0, 0.1) is 0 Å². The first-order valence-electron chi connectivity index (χ1n) is 10.4. The summed E-state index contributed by atoms with van der Waals surface area (Å²) in [5.74, 6) is 0.118. The van der Waals surface area contributed by atoms with Crippen molar-refractivity contribution in [2.45, 2.75) is 18.1 Å². The summed E-state index contributed by atoms with van der Waals surface area (Å²) in [5, 5.41) is 17.7. The second-order valence-electron chi connectivity index (χ2n) is 7.46. The average molecular weight is 547 g/mol.